The van der Waals surface area contributed by atoms with Crippen molar-refractivity contribution in [3.63, 3.8) is 0 Å². The van der Waals surface area contributed by atoms with Crippen LogP contribution in [0.5, 0.6) is 0 Å². The summed E-state index contributed by atoms with van der Waals surface area (Å²) in [6.45, 7) is -0.488. The van der Waals surface area contributed by atoms with E-state index in [2.05, 4.69) is 0 Å². The first kappa shape index (κ1) is 13.5. The zero-order valence-corrected chi connectivity index (χ0v) is 9.71. The van der Waals surface area contributed by atoms with Crippen molar-refractivity contribution >= 4 is 0 Å². The lowest BCUT2D eigenvalue weighted by atomic mass is 9.99. The minimum Gasteiger partial charge on any atom is -0.392 e. The number of hydrogen-bond acceptors (Lipinski definition) is 1. The standard InChI is InChI=1S/C14H10F4O/c15-13-3-1-10(2-4-13)11-5-9(8-19)6-12(7-11)14(16,17)18/h1-7,19H,8H2. The van der Waals surface area contributed by atoms with Gasteiger partial charge in [0, 0.05) is 0 Å². The molecule has 100 valence electrons. The highest BCUT2D eigenvalue weighted by atomic mass is 19.4. The van der Waals surface area contributed by atoms with E-state index in [1.807, 2.05) is 0 Å². The van der Waals surface area contributed by atoms with E-state index in [0.717, 1.165) is 12.1 Å². The molecular formula is C14H10F4O. The summed E-state index contributed by atoms with van der Waals surface area (Å²) in [4.78, 5) is 0. The van der Waals surface area contributed by atoms with E-state index in [9.17, 15) is 17.6 Å². The Morgan fingerprint density at radius 2 is 1.53 bits per heavy atom. The fourth-order valence-electron chi connectivity index (χ4n) is 1.76. The van der Waals surface area contributed by atoms with Crippen LogP contribution in [0.2, 0.25) is 0 Å². The van der Waals surface area contributed by atoms with Crippen LogP contribution in [0.25, 0.3) is 11.1 Å². The molecule has 0 bridgehead atoms. The molecule has 0 fully saturated rings. The Hall–Kier alpha value is -1.88. The van der Waals surface area contributed by atoms with E-state index in [-0.39, 0.29) is 5.56 Å². The molecule has 1 N–H and O–H groups in total. The van der Waals surface area contributed by atoms with E-state index >= 15 is 0 Å². The Labute approximate surface area is 107 Å². The van der Waals surface area contributed by atoms with E-state index in [1.165, 1.54) is 30.3 Å². The van der Waals surface area contributed by atoms with Gasteiger partial charge in [-0.2, -0.15) is 13.2 Å². The van der Waals surface area contributed by atoms with Gasteiger partial charge in [-0.25, -0.2) is 4.39 Å². The monoisotopic (exact) mass is 270 g/mol. The van der Waals surface area contributed by atoms with Gasteiger partial charge in [0.1, 0.15) is 5.82 Å². The van der Waals surface area contributed by atoms with Crippen molar-refractivity contribution in [1.82, 2.24) is 0 Å². The molecule has 0 heterocycles. The van der Waals surface area contributed by atoms with Crippen molar-refractivity contribution in [1.29, 1.82) is 0 Å². The number of aliphatic hydroxyl groups is 1. The Bertz CT molecular complexity index is 573. The molecule has 0 unspecified atom stereocenters. The molecule has 2 aromatic carbocycles. The first-order valence-corrected chi connectivity index (χ1v) is 5.48. The smallest absolute Gasteiger partial charge is 0.392 e. The molecule has 0 radical (unpaired) electrons. The van der Waals surface area contributed by atoms with Crippen LogP contribution in [0.3, 0.4) is 0 Å². The van der Waals surface area contributed by atoms with Gasteiger partial charge >= 0.3 is 6.18 Å². The van der Waals surface area contributed by atoms with Gasteiger partial charge < -0.3 is 5.11 Å². The van der Waals surface area contributed by atoms with Gasteiger partial charge in [0.05, 0.1) is 12.2 Å². The highest BCUT2D eigenvalue weighted by Gasteiger charge is 2.31. The zero-order chi connectivity index (χ0) is 14.0. The summed E-state index contributed by atoms with van der Waals surface area (Å²) in [7, 11) is 0. The van der Waals surface area contributed by atoms with Crippen LogP contribution in [0.15, 0.2) is 42.5 Å². The Balaban J connectivity index is 2.54. The molecule has 1 nitrogen and oxygen atoms in total. The molecule has 5 heteroatoms. The van der Waals surface area contributed by atoms with Crippen molar-refractivity contribution in [2.75, 3.05) is 0 Å². The summed E-state index contributed by atoms with van der Waals surface area (Å²) >= 11 is 0. The summed E-state index contributed by atoms with van der Waals surface area (Å²) in [6, 6.07) is 8.46. The normalized spacial score (nSPS) is 11.6. The molecule has 0 atom stereocenters. The van der Waals surface area contributed by atoms with Gasteiger partial charge in [-0.15, -0.1) is 0 Å². The minimum absolute atomic E-state index is 0.161. The number of benzene rings is 2. The van der Waals surface area contributed by atoms with Crippen molar-refractivity contribution < 1.29 is 22.7 Å². The molecule has 0 saturated carbocycles. The number of aliphatic hydroxyl groups excluding tert-OH is 1. The number of hydrogen-bond donors (Lipinski definition) is 1. The van der Waals surface area contributed by atoms with E-state index < -0.39 is 24.2 Å². The molecule has 0 aliphatic heterocycles. The molecule has 2 aromatic rings. The largest absolute Gasteiger partial charge is 0.416 e. The summed E-state index contributed by atoms with van der Waals surface area (Å²) in [6.07, 6.45) is -4.49. The highest BCUT2D eigenvalue weighted by molar-refractivity contribution is 5.65. The van der Waals surface area contributed by atoms with Crippen molar-refractivity contribution in [2.24, 2.45) is 0 Å². The van der Waals surface area contributed by atoms with Crippen LogP contribution in [0.1, 0.15) is 11.1 Å². The maximum Gasteiger partial charge on any atom is 0.416 e. The molecule has 0 aromatic heterocycles. The molecule has 0 aliphatic carbocycles. The minimum atomic E-state index is -4.49. The average molecular weight is 270 g/mol. The van der Waals surface area contributed by atoms with Crippen molar-refractivity contribution in [3.8, 4) is 11.1 Å². The lowest BCUT2D eigenvalue weighted by Crippen LogP contribution is -2.06. The summed E-state index contributed by atoms with van der Waals surface area (Å²) in [5.41, 5.74) is 0.0774. The van der Waals surface area contributed by atoms with Crippen LogP contribution in [-0.4, -0.2) is 5.11 Å². The SMILES string of the molecule is OCc1cc(-c2ccc(F)cc2)cc(C(F)(F)F)c1. The second-order valence-electron chi connectivity index (χ2n) is 4.08. The molecule has 0 spiro atoms. The predicted octanol–water partition coefficient (Wildman–Crippen LogP) is 4.00. The van der Waals surface area contributed by atoms with Crippen LogP contribution in [0, 0.1) is 5.82 Å². The van der Waals surface area contributed by atoms with Crippen molar-refractivity contribution in [3.05, 3.63) is 59.4 Å². The maximum absolute atomic E-state index is 12.8. The maximum atomic E-state index is 12.8. The summed E-state index contributed by atoms with van der Waals surface area (Å²) < 4.78 is 51.0. The third-order valence-corrected chi connectivity index (χ3v) is 2.68. The quantitative estimate of drug-likeness (QED) is 0.818. The third kappa shape index (κ3) is 3.12. The first-order chi connectivity index (χ1) is 8.90. The van der Waals surface area contributed by atoms with Gasteiger partial charge in [-0.1, -0.05) is 12.1 Å². The van der Waals surface area contributed by atoms with Crippen LogP contribution in [0.4, 0.5) is 17.6 Å². The fraction of sp³-hybridized carbons (Fsp3) is 0.143. The average Bonchev–Trinajstić information content (AvgIpc) is 2.38. The molecule has 19 heavy (non-hydrogen) atoms. The van der Waals surface area contributed by atoms with Crippen LogP contribution < -0.4 is 0 Å². The lowest BCUT2D eigenvalue weighted by molar-refractivity contribution is -0.137. The molecule has 0 aliphatic rings. The Morgan fingerprint density at radius 3 is 2.05 bits per heavy atom. The van der Waals surface area contributed by atoms with Gasteiger partial charge in [-0.05, 0) is 47.0 Å². The third-order valence-electron chi connectivity index (χ3n) is 2.68. The van der Waals surface area contributed by atoms with Crippen molar-refractivity contribution in [2.45, 2.75) is 12.8 Å². The van der Waals surface area contributed by atoms with Crippen LogP contribution in [-0.2, 0) is 12.8 Å². The second kappa shape index (κ2) is 5.01. The van der Waals surface area contributed by atoms with E-state index in [4.69, 9.17) is 5.11 Å². The Morgan fingerprint density at radius 1 is 0.895 bits per heavy atom. The van der Waals surface area contributed by atoms with Gasteiger partial charge in [0.2, 0.25) is 0 Å². The predicted molar refractivity (Wildman–Crippen MR) is 62.8 cm³/mol. The van der Waals surface area contributed by atoms with Gasteiger partial charge in [-0.3, -0.25) is 0 Å². The fourth-order valence-corrected chi connectivity index (χ4v) is 1.76. The molecular weight excluding hydrogens is 260 g/mol. The van der Waals surface area contributed by atoms with E-state index in [0.29, 0.717) is 11.1 Å². The highest BCUT2D eigenvalue weighted by Crippen LogP contribution is 2.33. The molecule has 0 amide bonds. The van der Waals surface area contributed by atoms with Gasteiger partial charge in [0.25, 0.3) is 0 Å². The summed E-state index contributed by atoms with van der Waals surface area (Å²) in [5.74, 6) is -0.460. The zero-order valence-electron chi connectivity index (χ0n) is 9.71. The molecule has 0 saturated heterocycles. The van der Waals surface area contributed by atoms with Crippen LogP contribution >= 0.6 is 0 Å². The topological polar surface area (TPSA) is 20.2 Å². The molecule has 2 rings (SSSR count). The number of halogens is 4. The Kier molecular flexibility index (Phi) is 3.57. The number of rotatable bonds is 2. The first-order valence-electron chi connectivity index (χ1n) is 5.48. The van der Waals surface area contributed by atoms with E-state index in [1.54, 1.807) is 0 Å². The summed E-state index contributed by atoms with van der Waals surface area (Å²) in [5, 5.41) is 9.02. The number of alkyl halides is 3. The lowest BCUT2D eigenvalue weighted by Gasteiger charge is -2.11. The second-order valence-corrected chi connectivity index (χ2v) is 4.08. The van der Waals surface area contributed by atoms with Gasteiger partial charge in [0.15, 0.2) is 0 Å².